The highest BCUT2D eigenvalue weighted by Crippen LogP contribution is 2.24. The van der Waals surface area contributed by atoms with Crippen LogP contribution in [0, 0.1) is 5.92 Å². The van der Waals surface area contributed by atoms with Crippen molar-refractivity contribution in [3.8, 4) is 0 Å². The Hall–Kier alpha value is -1.14. The maximum Gasteiger partial charge on any atom is 0.305 e. The first kappa shape index (κ1) is 12.9. The van der Waals surface area contributed by atoms with Crippen LogP contribution in [-0.2, 0) is 9.59 Å². The van der Waals surface area contributed by atoms with Crippen molar-refractivity contribution in [2.75, 3.05) is 6.61 Å². The van der Waals surface area contributed by atoms with Gasteiger partial charge in [0.25, 0.3) is 0 Å². The first-order valence-electron chi connectivity index (χ1n) is 5.43. The van der Waals surface area contributed by atoms with Gasteiger partial charge in [-0.25, -0.2) is 0 Å². The van der Waals surface area contributed by atoms with Gasteiger partial charge in [0.15, 0.2) is 0 Å². The van der Waals surface area contributed by atoms with E-state index in [-0.39, 0.29) is 25.0 Å². The molecule has 16 heavy (non-hydrogen) atoms. The van der Waals surface area contributed by atoms with E-state index in [4.69, 9.17) is 15.9 Å². The predicted octanol–water partition coefficient (Wildman–Crippen LogP) is -0.934. The Morgan fingerprint density at radius 1 is 1.44 bits per heavy atom. The molecule has 1 rings (SSSR count). The minimum atomic E-state index is -1.09. The predicted molar refractivity (Wildman–Crippen MR) is 56.6 cm³/mol. The van der Waals surface area contributed by atoms with Crippen LogP contribution >= 0.6 is 0 Å². The Labute approximate surface area is 93.8 Å². The summed E-state index contributed by atoms with van der Waals surface area (Å²) in [5.74, 6) is -1.47. The molecule has 6 nitrogen and oxygen atoms in total. The first-order valence-corrected chi connectivity index (χ1v) is 5.43. The SMILES string of the molecule is NC(CC(=O)O)C(=O)NC1CCCC1CO. The number of nitrogens with one attached hydrogen (secondary N) is 1. The summed E-state index contributed by atoms with van der Waals surface area (Å²) in [4.78, 5) is 21.9. The molecule has 0 radical (unpaired) electrons. The molecule has 92 valence electrons. The second-order valence-electron chi connectivity index (χ2n) is 4.19. The lowest BCUT2D eigenvalue weighted by Gasteiger charge is -2.20. The van der Waals surface area contributed by atoms with Crippen LogP contribution in [0.1, 0.15) is 25.7 Å². The molecule has 3 atom stereocenters. The van der Waals surface area contributed by atoms with Gasteiger partial charge < -0.3 is 21.3 Å². The number of aliphatic hydroxyl groups is 1. The highest BCUT2D eigenvalue weighted by molar-refractivity contribution is 5.86. The summed E-state index contributed by atoms with van der Waals surface area (Å²) in [6.45, 7) is 0.0408. The summed E-state index contributed by atoms with van der Waals surface area (Å²) >= 11 is 0. The van der Waals surface area contributed by atoms with E-state index >= 15 is 0 Å². The van der Waals surface area contributed by atoms with Crippen LogP contribution in [0.5, 0.6) is 0 Å². The van der Waals surface area contributed by atoms with Crippen LogP contribution in [0.4, 0.5) is 0 Å². The van der Waals surface area contributed by atoms with Gasteiger partial charge in [0, 0.05) is 18.6 Å². The molecule has 0 aromatic heterocycles. The van der Waals surface area contributed by atoms with Crippen molar-refractivity contribution in [3.63, 3.8) is 0 Å². The molecule has 1 saturated carbocycles. The first-order chi connectivity index (χ1) is 7.54. The van der Waals surface area contributed by atoms with Crippen molar-refractivity contribution in [2.24, 2.45) is 11.7 Å². The van der Waals surface area contributed by atoms with Gasteiger partial charge >= 0.3 is 5.97 Å². The zero-order valence-corrected chi connectivity index (χ0v) is 9.06. The van der Waals surface area contributed by atoms with Crippen molar-refractivity contribution in [3.05, 3.63) is 0 Å². The molecule has 3 unspecified atom stereocenters. The van der Waals surface area contributed by atoms with Gasteiger partial charge in [-0.15, -0.1) is 0 Å². The largest absolute Gasteiger partial charge is 0.481 e. The number of carboxylic acids is 1. The average molecular weight is 230 g/mol. The Balaban J connectivity index is 2.41. The molecule has 1 aliphatic carbocycles. The number of aliphatic hydroxyl groups excluding tert-OH is 1. The number of carbonyl (C=O) groups is 2. The molecular formula is C10H18N2O4. The van der Waals surface area contributed by atoms with Gasteiger partial charge in [-0.3, -0.25) is 9.59 Å². The number of nitrogens with two attached hydrogens (primary N) is 1. The quantitative estimate of drug-likeness (QED) is 0.487. The van der Waals surface area contributed by atoms with E-state index in [1.165, 1.54) is 0 Å². The lowest BCUT2D eigenvalue weighted by molar-refractivity contribution is -0.139. The van der Waals surface area contributed by atoms with Crippen LogP contribution in [0.15, 0.2) is 0 Å². The third-order valence-electron chi connectivity index (χ3n) is 2.95. The molecule has 0 spiro atoms. The van der Waals surface area contributed by atoms with Gasteiger partial charge in [-0.05, 0) is 12.8 Å². The van der Waals surface area contributed by atoms with Crippen molar-refractivity contribution in [2.45, 2.75) is 37.8 Å². The summed E-state index contributed by atoms with van der Waals surface area (Å²) in [5, 5.41) is 20.2. The van der Waals surface area contributed by atoms with E-state index in [9.17, 15) is 9.59 Å². The van der Waals surface area contributed by atoms with E-state index in [0.717, 1.165) is 19.3 Å². The summed E-state index contributed by atoms with van der Waals surface area (Å²) < 4.78 is 0. The minimum Gasteiger partial charge on any atom is -0.481 e. The monoisotopic (exact) mass is 230 g/mol. The topological polar surface area (TPSA) is 113 Å². The molecule has 1 amide bonds. The fourth-order valence-electron chi connectivity index (χ4n) is 2.02. The Kier molecular flexibility index (Phi) is 4.70. The van der Waals surface area contributed by atoms with Crippen molar-refractivity contribution >= 4 is 11.9 Å². The van der Waals surface area contributed by atoms with Gasteiger partial charge in [-0.2, -0.15) is 0 Å². The number of rotatable bonds is 5. The number of hydrogen-bond acceptors (Lipinski definition) is 4. The van der Waals surface area contributed by atoms with Crippen LogP contribution in [0.2, 0.25) is 0 Å². The Morgan fingerprint density at radius 2 is 2.12 bits per heavy atom. The second kappa shape index (κ2) is 5.81. The zero-order valence-electron chi connectivity index (χ0n) is 9.06. The van der Waals surface area contributed by atoms with Crippen LogP contribution in [-0.4, -0.2) is 40.8 Å². The summed E-state index contributed by atoms with van der Waals surface area (Å²) in [6, 6.07) is -1.09. The lowest BCUT2D eigenvalue weighted by Crippen LogP contribution is -2.47. The lowest BCUT2D eigenvalue weighted by atomic mass is 10.0. The van der Waals surface area contributed by atoms with Gasteiger partial charge in [0.05, 0.1) is 12.5 Å². The highest BCUT2D eigenvalue weighted by atomic mass is 16.4. The Morgan fingerprint density at radius 3 is 2.69 bits per heavy atom. The maximum atomic E-state index is 11.5. The fourth-order valence-corrected chi connectivity index (χ4v) is 2.02. The second-order valence-corrected chi connectivity index (χ2v) is 4.19. The number of hydrogen-bond donors (Lipinski definition) is 4. The average Bonchev–Trinajstić information content (AvgIpc) is 2.64. The van der Waals surface area contributed by atoms with Crippen LogP contribution in [0.25, 0.3) is 0 Å². The molecule has 6 heteroatoms. The summed E-state index contributed by atoms with van der Waals surface area (Å²) in [6.07, 6.45) is 2.29. The van der Waals surface area contributed by atoms with E-state index in [1.54, 1.807) is 0 Å². The number of carbonyl (C=O) groups excluding carboxylic acids is 1. The summed E-state index contributed by atoms with van der Waals surface area (Å²) in [5.41, 5.74) is 5.43. The van der Waals surface area contributed by atoms with Gasteiger partial charge in [0.1, 0.15) is 0 Å². The third-order valence-corrected chi connectivity index (χ3v) is 2.95. The van der Waals surface area contributed by atoms with Crippen LogP contribution < -0.4 is 11.1 Å². The molecule has 1 aliphatic rings. The van der Waals surface area contributed by atoms with Crippen molar-refractivity contribution in [1.29, 1.82) is 0 Å². The summed E-state index contributed by atoms with van der Waals surface area (Å²) in [7, 11) is 0. The smallest absolute Gasteiger partial charge is 0.305 e. The molecule has 5 N–H and O–H groups in total. The molecule has 0 aliphatic heterocycles. The molecule has 1 fully saturated rings. The van der Waals surface area contributed by atoms with E-state index in [0.29, 0.717) is 0 Å². The molecule has 0 saturated heterocycles. The van der Waals surface area contributed by atoms with Crippen molar-refractivity contribution < 1.29 is 19.8 Å². The fraction of sp³-hybridized carbons (Fsp3) is 0.800. The molecule has 0 heterocycles. The molecular weight excluding hydrogens is 212 g/mol. The third kappa shape index (κ3) is 3.46. The molecule has 0 bridgehead atoms. The van der Waals surface area contributed by atoms with Gasteiger partial charge in [-0.1, -0.05) is 6.42 Å². The van der Waals surface area contributed by atoms with E-state index in [1.807, 2.05) is 0 Å². The maximum absolute atomic E-state index is 11.5. The highest BCUT2D eigenvalue weighted by Gasteiger charge is 2.29. The van der Waals surface area contributed by atoms with E-state index < -0.39 is 17.9 Å². The standard InChI is InChI=1S/C10H18N2O4/c11-7(4-9(14)15)10(16)12-8-3-1-2-6(8)5-13/h6-8,13H,1-5,11H2,(H,12,16)(H,14,15). The zero-order chi connectivity index (χ0) is 12.1. The van der Waals surface area contributed by atoms with E-state index in [2.05, 4.69) is 5.32 Å². The number of carboxylic acid groups (broad SMARTS) is 1. The van der Waals surface area contributed by atoms with Gasteiger partial charge in [0.2, 0.25) is 5.91 Å². The normalized spacial score (nSPS) is 26.4. The Bertz CT molecular complexity index is 270. The minimum absolute atomic E-state index is 0.0408. The number of aliphatic carboxylic acids is 1. The molecule has 0 aromatic rings. The van der Waals surface area contributed by atoms with Crippen molar-refractivity contribution in [1.82, 2.24) is 5.32 Å². The molecule has 0 aromatic carbocycles. The number of amides is 1. The van der Waals surface area contributed by atoms with Crippen LogP contribution in [0.3, 0.4) is 0 Å².